The van der Waals surface area contributed by atoms with E-state index in [1.165, 1.54) is 0 Å². The molecule has 0 aromatic carbocycles. The van der Waals surface area contributed by atoms with Gasteiger partial charge in [-0.15, -0.1) is 0 Å². The maximum absolute atomic E-state index is 11.2. The molecule has 0 rings (SSSR count). The van der Waals surface area contributed by atoms with Gasteiger partial charge in [0.2, 0.25) is 11.8 Å². The Kier molecular flexibility index (Phi) is 6.64. The van der Waals surface area contributed by atoms with Crippen LogP contribution in [0, 0.1) is 0 Å². The van der Waals surface area contributed by atoms with Crippen LogP contribution in [0.2, 0.25) is 0 Å². The van der Waals surface area contributed by atoms with Crippen molar-refractivity contribution in [2.24, 2.45) is 5.73 Å². The van der Waals surface area contributed by atoms with Crippen LogP contribution >= 0.6 is 0 Å². The molecule has 0 fully saturated rings. The first-order valence-corrected chi connectivity index (χ1v) is 4.75. The normalized spacial score (nSPS) is 12.5. The van der Waals surface area contributed by atoms with E-state index >= 15 is 0 Å². The molecule has 0 saturated carbocycles. The summed E-state index contributed by atoms with van der Waals surface area (Å²) >= 11 is 0. The summed E-state index contributed by atoms with van der Waals surface area (Å²) in [7, 11) is 3.11. The van der Waals surface area contributed by atoms with Gasteiger partial charge in [0.15, 0.2) is 0 Å². The number of ether oxygens (including phenoxy) is 1. The van der Waals surface area contributed by atoms with Gasteiger partial charge in [-0.25, -0.2) is 0 Å². The van der Waals surface area contributed by atoms with Crippen LogP contribution in [-0.2, 0) is 14.3 Å². The number of primary amides is 1. The molecule has 88 valence electrons. The third-order valence-corrected chi connectivity index (χ3v) is 2.17. The van der Waals surface area contributed by atoms with Gasteiger partial charge in [-0.1, -0.05) is 0 Å². The second-order valence-electron chi connectivity index (χ2n) is 3.21. The zero-order valence-corrected chi connectivity index (χ0v) is 9.45. The van der Waals surface area contributed by atoms with Crippen molar-refractivity contribution in [3.8, 4) is 0 Å². The van der Waals surface area contributed by atoms with E-state index in [-0.39, 0.29) is 12.5 Å². The van der Waals surface area contributed by atoms with Gasteiger partial charge in [0.05, 0.1) is 19.2 Å². The summed E-state index contributed by atoms with van der Waals surface area (Å²) < 4.78 is 4.89. The Hall–Kier alpha value is -1.14. The van der Waals surface area contributed by atoms with Crippen LogP contribution in [0.3, 0.4) is 0 Å². The number of amides is 2. The zero-order chi connectivity index (χ0) is 11.8. The summed E-state index contributed by atoms with van der Waals surface area (Å²) in [6.45, 7) is 2.76. The van der Waals surface area contributed by atoms with Gasteiger partial charge in [-0.2, -0.15) is 0 Å². The van der Waals surface area contributed by atoms with Crippen LogP contribution in [0.25, 0.3) is 0 Å². The topological polar surface area (TPSA) is 84.7 Å². The number of nitrogens with zero attached hydrogens (tertiary/aromatic N) is 1. The quantitative estimate of drug-likeness (QED) is 0.546. The van der Waals surface area contributed by atoms with Crippen molar-refractivity contribution in [1.82, 2.24) is 10.2 Å². The first-order valence-electron chi connectivity index (χ1n) is 4.75. The van der Waals surface area contributed by atoms with E-state index in [2.05, 4.69) is 5.32 Å². The highest BCUT2D eigenvalue weighted by molar-refractivity contribution is 5.82. The van der Waals surface area contributed by atoms with E-state index < -0.39 is 11.9 Å². The molecule has 0 saturated heterocycles. The average Bonchev–Trinajstić information content (AvgIpc) is 2.22. The van der Waals surface area contributed by atoms with Gasteiger partial charge in [-0.05, 0) is 6.92 Å². The fraction of sp³-hybridized carbons (Fsp3) is 0.778. The van der Waals surface area contributed by atoms with E-state index in [4.69, 9.17) is 10.5 Å². The van der Waals surface area contributed by atoms with E-state index in [0.29, 0.717) is 13.2 Å². The number of likely N-dealkylation sites (N-methyl/N-ethyl adjacent to an activating group) is 1. The molecule has 0 aromatic heterocycles. The Morgan fingerprint density at radius 2 is 2.13 bits per heavy atom. The highest BCUT2D eigenvalue weighted by Crippen LogP contribution is 1.97. The lowest BCUT2D eigenvalue weighted by Gasteiger charge is -2.25. The first-order chi connectivity index (χ1) is 7.02. The Labute approximate surface area is 89.7 Å². The molecule has 0 aliphatic carbocycles. The molecule has 2 amide bonds. The summed E-state index contributed by atoms with van der Waals surface area (Å²) in [4.78, 5) is 23.8. The summed E-state index contributed by atoms with van der Waals surface area (Å²) in [6, 6.07) is -0.475. The van der Waals surface area contributed by atoms with Gasteiger partial charge in [-0.3, -0.25) is 14.5 Å². The Bertz CT molecular complexity index is 221. The maximum Gasteiger partial charge on any atom is 0.234 e. The van der Waals surface area contributed by atoms with Crippen LogP contribution in [0.1, 0.15) is 6.92 Å². The minimum atomic E-state index is -0.475. The maximum atomic E-state index is 11.2. The van der Waals surface area contributed by atoms with Crippen LogP contribution in [0.5, 0.6) is 0 Å². The number of carbonyl (C=O) groups is 2. The number of methoxy groups -OCH3 is 1. The molecule has 6 heteroatoms. The predicted octanol–water partition coefficient (Wildman–Crippen LogP) is -1.45. The lowest BCUT2D eigenvalue weighted by molar-refractivity contribution is -0.126. The lowest BCUT2D eigenvalue weighted by atomic mass is 10.2. The molecule has 6 nitrogen and oxygen atoms in total. The molecular formula is C9H19N3O3. The lowest BCUT2D eigenvalue weighted by Crippen LogP contribution is -2.48. The predicted molar refractivity (Wildman–Crippen MR) is 56.2 cm³/mol. The third-order valence-electron chi connectivity index (χ3n) is 2.17. The number of carbonyl (C=O) groups excluding carboxylic acids is 2. The summed E-state index contributed by atoms with van der Waals surface area (Å²) in [5.41, 5.74) is 5.17. The van der Waals surface area contributed by atoms with E-state index in [1.807, 2.05) is 0 Å². The largest absolute Gasteiger partial charge is 0.383 e. The molecule has 3 N–H and O–H groups in total. The van der Waals surface area contributed by atoms with Gasteiger partial charge < -0.3 is 15.8 Å². The number of hydrogen-bond donors (Lipinski definition) is 2. The van der Waals surface area contributed by atoms with Crippen molar-refractivity contribution in [2.75, 3.05) is 33.9 Å². The molecule has 0 radical (unpaired) electrons. The monoisotopic (exact) mass is 217 g/mol. The summed E-state index contributed by atoms with van der Waals surface area (Å²) in [5, 5.41) is 2.49. The number of nitrogens with one attached hydrogen (secondary N) is 1. The second kappa shape index (κ2) is 7.19. The highest BCUT2D eigenvalue weighted by atomic mass is 16.5. The van der Waals surface area contributed by atoms with Crippen molar-refractivity contribution >= 4 is 11.8 Å². The minimum Gasteiger partial charge on any atom is -0.383 e. The first kappa shape index (κ1) is 13.9. The SMILES string of the molecule is CNC(=O)CN(CCOC)C(C)C(N)=O. The van der Waals surface area contributed by atoms with Gasteiger partial charge in [0.1, 0.15) is 0 Å². The number of hydrogen-bond acceptors (Lipinski definition) is 4. The van der Waals surface area contributed by atoms with Crippen LogP contribution in [0.4, 0.5) is 0 Å². The fourth-order valence-electron chi connectivity index (χ4n) is 1.06. The van der Waals surface area contributed by atoms with Crippen molar-refractivity contribution < 1.29 is 14.3 Å². The number of nitrogens with two attached hydrogens (primary N) is 1. The molecule has 15 heavy (non-hydrogen) atoms. The summed E-state index contributed by atoms with van der Waals surface area (Å²) in [6.07, 6.45) is 0. The zero-order valence-electron chi connectivity index (χ0n) is 9.45. The third kappa shape index (κ3) is 5.34. The van der Waals surface area contributed by atoms with Crippen LogP contribution < -0.4 is 11.1 Å². The van der Waals surface area contributed by atoms with Crippen molar-refractivity contribution in [1.29, 1.82) is 0 Å². The van der Waals surface area contributed by atoms with Gasteiger partial charge >= 0.3 is 0 Å². The fourth-order valence-corrected chi connectivity index (χ4v) is 1.06. The Morgan fingerprint density at radius 3 is 2.53 bits per heavy atom. The minimum absolute atomic E-state index is 0.143. The van der Waals surface area contributed by atoms with Crippen molar-refractivity contribution in [3.05, 3.63) is 0 Å². The molecule has 1 atom stereocenters. The van der Waals surface area contributed by atoms with Crippen molar-refractivity contribution in [2.45, 2.75) is 13.0 Å². The molecular weight excluding hydrogens is 198 g/mol. The molecule has 1 unspecified atom stereocenters. The molecule has 0 spiro atoms. The van der Waals surface area contributed by atoms with E-state index in [9.17, 15) is 9.59 Å². The van der Waals surface area contributed by atoms with Crippen LogP contribution in [0.15, 0.2) is 0 Å². The number of rotatable bonds is 7. The molecule has 0 aliphatic rings. The molecule has 0 aliphatic heterocycles. The Balaban J connectivity index is 4.29. The average molecular weight is 217 g/mol. The Morgan fingerprint density at radius 1 is 1.53 bits per heavy atom. The van der Waals surface area contributed by atoms with Gasteiger partial charge in [0, 0.05) is 20.7 Å². The smallest absolute Gasteiger partial charge is 0.234 e. The molecule has 0 heterocycles. The van der Waals surface area contributed by atoms with E-state index in [1.54, 1.807) is 26.0 Å². The van der Waals surface area contributed by atoms with Crippen LogP contribution in [-0.4, -0.2) is 56.6 Å². The summed E-state index contributed by atoms with van der Waals surface area (Å²) in [5.74, 6) is -0.603. The van der Waals surface area contributed by atoms with Crippen molar-refractivity contribution in [3.63, 3.8) is 0 Å². The second-order valence-corrected chi connectivity index (χ2v) is 3.21. The highest BCUT2D eigenvalue weighted by Gasteiger charge is 2.20. The van der Waals surface area contributed by atoms with E-state index in [0.717, 1.165) is 0 Å². The molecule has 0 aromatic rings. The molecule has 0 bridgehead atoms. The standard InChI is InChI=1S/C9H19N3O3/c1-7(9(10)14)12(4-5-15-3)6-8(13)11-2/h7H,4-6H2,1-3H3,(H2,10,14)(H,11,13). The van der Waals surface area contributed by atoms with Gasteiger partial charge in [0.25, 0.3) is 0 Å².